The molecule has 0 radical (unpaired) electrons. The van der Waals surface area contributed by atoms with Crippen molar-refractivity contribution < 1.29 is 13.2 Å². The van der Waals surface area contributed by atoms with Gasteiger partial charge in [-0.1, -0.05) is 12.1 Å². The molecule has 0 atom stereocenters. The van der Waals surface area contributed by atoms with Crippen molar-refractivity contribution in [3.8, 4) is 0 Å². The van der Waals surface area contributed by atoms with Crippen LogP contribution in [-0.4, -0.2) is 25.6 Å². The molecule has 0 fully saturated rings. The molecule has 2 aromatic rings. The summed E-state index contributed by atoms with van der Waals surface area (Å²) in [5.41, 5.74) is 1.13. The minimum atomic E-state index is -3.06. The van der Waals surface area contributed by atoms with Crippen molar-refractivity contribution in [2.75, 3.05) is 11.6 Å². The number of benzene rings is 1. The van der Waals surface area contributed by atoms with Crippen LogP contribution in [0.4, 0.5) is 5.13 Å². The van der Waals surface area contributed by atoms with Gasteiger partial charge in [-0.3, -0.25) is 10.1 Å². The van der Waals surface area contributed by atoms with Crippen LogP contribution in [0.1, 0.15) is 20.8 Å². The number of carbonyl (C=O) groups is 1. The van der Waals surface area contributed by atoms with E-state index in [-0.39, 0.29) is 11.7 Å². The molecular weight excluding hydrogens is 296 g/mol. The second-order valence-corrected chi connectivity index (χ2v) is 7.87. The zero-order valence-corrected chi connectivity index (χ0v) is 12.7. The van der Waals surface area contributed by atoms with E-state index in [4.69, 9.17) is 0 Å². The van der Waals surface area contributed by atoms with Crippen LogP contribution in [0.2, 0.25) is 0 Å². The van der Waals surface area contributed by atoms with Gasteiger partial charge in [-0.25, -0.2) is 13.4 Å². The third-order valence-electron chi connectivity index (χ3n) is 2.49. The number of aryl methyl sites for hydroxylation is 1. The van der Waals surface area contributed by atoms with Gasteiger partial charge in [0.2, 0.25) is 0 Å². The molecule has 106 valence electrons. The van der Waals surface area contributed by atoms with Crippen LogP contribution < -0.4 is 5.32 Å². The summed E-state index contributed by atoms with van der Waals surface area (Å²) in [6.07, 6.45) is 2.87. The van der Waals surface area contributed by atoms with Crippen molar-refractivity contribution in [1.29, 1.82) is 0 Å². The van der Waals surface area contributed by atoms with Gasteiger partial charge < -0.3 is 0 Å². The van der Waals surface area contributed by atoms with E-state index in [2.05, 4.69) is 10.3 Å². The Morgan fingerprint density at radius 2 is 1.95 bits per heavy atom. The molecule has 1 amide bonds. The average Bonchev–Trinajstić information content (AvgIpc) is 2.73. The predicted octanol–water partition coefficient (Wildman–Crippen LogP) is 2.25. The molecule has 1 N–H and O–H groups in total. The summed E-state index contributed by atoms with van der Waals surface area (Å²) >= 11 is 1.40. The average molecular weight is 310 g/mol. The summed E-state index contributed by atoms with van der Waals surface area (Å²) in [6, 6.07) is 6.50. The van der Waals surface area contributed by atoms with E-state index in [1.807, 2.05) is 6.92 Å². The minimum Gasteiger partial charge on any atom is -0.298 e. The Morgan fingerprint density at radius 3 is 2.45 bits per heavy atom. The molecule has 0 saturated heterocycles. The van der Waals surface area contributed by atoms with Crippen LogP contribution in [0.15, 0.2) is 30.5 Å². The highest BCUT2D eigenvalue weighted by Crippen LogP contribution is 2.17. The van der Waals surface area contributed by atoms with Gasteiger partial charge in [-0.2, -0.15) is 0 Å². The van der Waals surface area contributed by atoms with Gasteiger partial charge in [-0.15, -0.1) is 11.3 Å². The Bertz CT molecular complexity index is 718. The Labute approximate surface area is 121 Å². The van der Waals surface area contributed by atoms with Gasteiger partial charge >= 0.3 is 0 Å². The first-order chi connectivity index (χ1) is 9.33. The van der Waals surface area contributed by atoms with Crippen LogP contribution in [0, 0.1) is 6.92 Å². The first-order valence-electron chi connectivity index (χ1n) is 5.84. The molecule has 0 aliphatic heterocycles. The van der Waals surface area contributed by atoms with Gasteiger partial charge in [0.1, 0.15) is 0 Å². The van der Waals surface area contributed by atoms with Crippen molar-refractivity contribution in [3.05, 3.63) is 46.5 Å². The summed E-state index contributed by atoms with van der Waals surface area (Å²) in [5, 5.41) is 3.25. The Morgan fingerprint density at radius 1 is 1.30 bits per heavy atom. The van der Waals surface area contributed by atoms with Crippen molar-refractivity contribution >= 4 is 32.2 Å². The SMILES string of the molecule is Cc1cnc(NC(=O)c2ccc(CS(C)(=O)=O)cc2)s1. The second-order valence-electron chi connectivity index (χ2n) is 4.50. The molecule has 7 heteroatoms. The molecule has 0 aliphatic carbocycles. The number of nitrogens with zero attached hydrogens (tertiary/aromatic N) is 1. The summed E-state index contributed by atoms with van der Waals surface area (Å²) in [7, 11) is -3.06. The van der Waals surface area contributed by atoms with E-state index in [9.17, 15) is 13.2 Å². The molecule has 1 aromatic heterocycles. The van der Waals surface area contributed by atoms with Crippen LogP contribution in [0.5, 0.6) is 0 Å². The number of amides is 1. The van der Waals surface area contributed by atoms with Crippen molar-refractivity contribution in [2.24, 2.45) is 0 Å². The molecule has 5 nitrogen and oxygen atoms in total. The van der Waals surface area contributed by atoms with Crippen LogP contribution in [0.25, 0.3) is 0 Å². The number of hydrogen-bond acceptors (Lipinski definition) is 5. The number of carbonyl (C=O) groups excluding carboxylic acids is 1. The van der Waals surface area contributed by atoms with Crippen LogP contribution in [-0.2, 0) is 15.6 Å². The van der Waals surface area contributed by atoms with Crippen molar-refractivity contribution in [2.45, 2.75) is 12.7 Å². The number of rotatable bonds is 4. The molecule has 1 aromatic carbocycles. The lowest BCUT2D eigenvalue weighted by Crippen LogP contribution is -2.11. The van der Waals surface area contributed by atoms with E-state index < -0.39 is 9.84 Å². The first kappa shape index (κ1) is 14.7. The fraction of sp³-hybridized carbons (Fsp3) is 0.231. The lowest BCUT2D eigenvalue weighted by atomic mass is 10.1. The molecule has 0 spiro atoms. The van der Waals surface area contributed by atoms with Crippen LogP contribution >= 0.6 is 11.3 Å². The zero-order valence-electron chi connectivity index (χ0n) is 11.1. The molecular formula is C13H14N2O3S2. The standard InChI is InChI=1S/C13H14N2O3S2/c1-9-7-14-13(19-9)15-12(16)11-5-3-10(4-6-11)8-20(2,17)18/h3-7H,8H2,1-2H3,(H,14,15,16). The topological polar surface area (TPSA) is 76.1 Å². The Hall–Kier alpha value is -1.73. The van der Waals surface area contributed by atoms with Crippen molar-refractivity contribution in [1.82, 2.24) is 4.98 Å². The number of sulfone groups is 1. The molecule has 0 bridgehead atoms. The molecule has 2 rings (SSSR count). The minimum absolute atomic E-state index is 0.0272. The third-order valence-corrected chi connectivity index (χ3v) is 4.17. The third kappa shape index (κ3) is 4.14. The van der Waals surface area contributed by atoms with Gasteiger partial charge in [0, 0.05) is 22.9 Å². The highest BCUT2D eigenvalue weighted by Gasteiger charge is 2.09. The van der Waals surface area contributed by atoms with Gasteiger partial charge in [0.25, 0.3) is 5.91 Å². The Balaban J connectivity index is 2.07. The van der Waals surface area contributed by atoms with Crippen LogP contribution in [0.3, 0.4) is 0 Å². The lowest BCUT2D eigenvalue weighted by Gasteiger charge is -2.03. The van der Waals surface area contributed by atoms with Gasteiger partial charge in [-0.05, 0) is 24.6 Å². The highest BCUT2D eigenvalue weighted by atomic mass is 32.2. The van der Waals surface area contributed by atoms with Crippen molar-refractivity contribution in [3.63, 3.8) is 0 Å². The fourth-order valence-corrected chi connectivity index (χ4v) is 3.09. The van der Waals surface area contributed by atoms with E-state index in [0.717, 1.165) is 4.88 Å². The summed E-state index contributed by atoms with van der Waals surface area (Å²) in [6.45, 7) is 1.91. The molecule has 1 heterocycles. The quantitative estimate of drug-likeness (QED) is 0.939. The lowest BCUT2D eigenvalue weighted by molar-refractivity contribution is 0.102. The molecule has 0 unspecified atom stereocenters. The van der Waals surface area contributed by atoms with E-state index in [0.29, 0.717) is 16.3 Å². The maximum Gasteiger partial charge on any atom is 0.257 e. The predicted molar refractivity (Wildman–Crippen MR) is 79.8 cm³/mol. The second kappa shape index (κ2) is 5.72. The monoisotopic (exact) mass is 310 g/mol. The summed E-state index contributed by atoms with van der Waals surface area (Å²) < 4.78 is 22.4. The smallest absolute Gasteiger partial charge is 0.257 e. The number of anilines is 1. The maximum absolute atomic E-state index is 12.0. The Kier molecular flexibility index (Phi) is 4.20. The molecule has 0 saturated carbocycles. The highest BCUT2D eigenvalue weighted by molar-refractivity contribution is 7.89. The number of thiazole rings is 1. The maximum atomic E-state index is 12.0. The zero-order chi connectivity index (χ0) is 14.8. The number of hydrogen-bond donors (Lipinski definition) is 1. The van der Waals surface area contributed by atoms with E-state index in [1.165, 1.54) is 17.6 Å². The normalized spacial score (nSPS) is 11.3. The van der Waals surface area contributed by atoms with Gasteiger partial charge in [0.05, 0.1) is 5.75 Å². The largest absolute Gasteiger partial charge is 0.298 e. The fourth-order valence-electron chi connectivity index (χ4n) is 1.64. The molecule has 20 heavy (non-hydrogen) atoms. The molecule has 0 aliphatic rings. The summed E-state index contributed by atoms with van der Waals surface area (Å²) in [5.74, 6) is -0.286. The van der Waals surface area contributed by atoms with E-state index >= 15 is 0 Å². The first-order valence-corrected chi connectivity index (χ1v) is 8.72. The van der Waals surface area contributed by atoms with Gasteiger partial charge in [0.15, 0.2) is 15.0 Å². The summed E-state index contributed by atoms with van der Waals surface area (Å²) in [4.78, 5) is 17.0. The van der Waals surface area contributed by atoms with E-state index in [1.54, 1.807) is 30.5 Å². The number of aromatic nitrogens is 1. The number of nitrogens with one attached hydrogen (secondary N) is 1.